The molecule has 0 aliphatic carbocycles. The van der Waals surface area contributed by atoms with Crippen LogP contribution in [0.4, 0.5) is 5.69 Å². The molecule has 3 unspecified atom stereocenters. The normalized spacial score (nSPS) is 23.2. The Morgan fingerprint density at radius 1 is 1.28 bits per heavy atom. The predicted octanol–water partition coefficient (Wildman–Crippen LogP) is 4.69. The first-order valence-electron chi connectivity index (χ1n) is 8.34. The van der Waals surface area contributed by atoms with Crippen LogP contribution in [0, 0.1) is 10.1 Å². The van der Waals surface area contributed by atoms with E-state index in [-0.39, 0.29) is 16.9 Å². The van der Waals surface area contributed by atoms with Crippen molar-refractivity contribution >= 4 is 17.0 Å². The topological polar surface area (TPSA) is 55.6 Å². The molecule has 0 radical (unpaired) electrons. The molecule has 0 saturated carbocycles. The molecular formula is C19H22N2O3S. The van der Waals surface area contributed by atoms with E-state index in [4.69, 9.17) is 4.74 Å². The van der Waals surface area contributed by atoms with Crippen LogP contribution in [0.1, 0.15) is 31.1 Å². The van der Waals surface area contributed by atoms with Crippen molar-refractivity contribution in [3.63, 3.8) is 0 Å². The van der Waals surface area contributed by atoms with Crippen LogP contribution < -0.4 is 9.64 Å². The zero-order valence-electron chi connectivity index (χ0n) is 14.6. The first-order valence-corrected chi connectivity index (χ1v) is 9.22. The fourth-order valence-corrected chi connectivity index (χ4v) is 4.58. The lowest BCUT2D eigenvalue weighted by atomic mass is 9.82. The van der Waals surface area contributed by atoms with Crippen LogP contribution in [-0.4, -0.2) is 24.1 Å². The van der Waals surface area contributed by atoms with E-state index in [1.54, 1.807) is 18.4 Å². The minimum Gasteiger partial charge on any atom is -0.497 e. The number of nitrogens with zero attached hydrogens (tertiary/aromatic N) is 2. The largest absolute Gasteiger partial charge is 0.497 e. The summed E-state index contributed by atoms with van der Waals surface area (Å²) in [5.41, 5.74) is 1.97. The van der Waals surface area contributed by atoms with Crippen molar-refractivity contribution in [2.24, 2.45) is 0 Å². The first kappa shape index (κ1) is 17.5. The summed E-state index contributed by atoms with van der Waals surface area (Å²) in [5, 5.41) is 14.0. The number of ether oxygens (including phenoxy) is 1. The summed E-state index contributed by atoms with van der Waals surface area (Å²) in [6.45, 7) is 4.00. The molecule has 132 valence electrons. The summed E-state index contributed by atoms with van der Waals surface area (Å²) in [5.74, 6) is 0.603. The molecule has 0 N–H and O–H groups in total. The lowest BCUT2D eigenvalue weighted by Gasteiger charge is -2.39. The Morgan fingerprint density at radius 2 is 2.00 bits per heavy atom. The van der Waals surface area contributed by atoms with Gasteiger partial charge < -0.3 is 9.64 Å². The van der Waals surface area contributed by atoms with Crippen molar-refractivity contribution in [1.82, 2.24) is 0 Å². The van der Waals surface area contributed by atoms with Crippen LogP contribution in [0.3, 0.4) is 0 Å². The molecule has 1 aliphatic heterocycles. The molecule has 3 atom stereocenters. The molecule has 0 saturated heterocycles. The summed E-state index contributed by atoms with van der Waals surface area (Å²) in [6.07, 6.45) is 2.77. The summed E-state index contributed by atoms with van der Waals surface area (Å²) in [4.78, 5) is 15.0. The molecule has 5 nitrogen and oxygen atoms in total. The van der Waals surface area contributed by atoms with Crippen LogP contribution in [0.2, 0.25) is 0 Å². The molecule has 1 aromatic carbocycles. The van der Waals surface area contributed by atoms with E-state index in [2.05, 4.69) is 6.20 Å². The number of nitro groups is 1. The maximum absolute atomic E-state index is 12.0. The quantitative estimate of drug-likeness (QED) is 0.575. The maximum Gasteiger partial charge on any atom is 0.244 e. The van der Waals surface area contributed by atoms with E-state index in [1.807, 2.05) is 60.5 Å². The third kappa shape index (κ3) is 3.26. The average molecular weight is 358 g/mol. The van der Waals surface area contributed by atoms with Crippen molar-refractivity contribution < 1.29 is 9.66 Å². The Morgan fingerprint density at radius 3 is 2.52 bits per heavy atom. The predicted molar refractivity (Wildman–Crippen MR) is 101 cm³/mol. The Labute approximate surface area is 151 Å². The smallest absolute Gasteiger partial charge is 0.244 e. The number of hydrogen-bond donors (Lipinski definition) is 0. The van der Waals surface area contributed by atoms with Crippen LogP contribution in [0.25, 0.3) is 0 Å². The number of rotatable bonds is 5. The number of benzene rings is 1. The van der Waals surface area contributed by atoms with Crippen molar-refractivity contribution in [2.75, 3.05) is 12.0 Å². The molecule has 2 aromatic rings. The van der Waals surface area contributed by atoms with E-state index in [1.165, 1.54) is 0 Å². The Hall–Kier alpha value is -2.34. The Balaban J connectivity index is 2.06. The van der Waals surface area contributed by atoms with Crippen LogP contribution in [-0.2, 0) is 0 Å². The van der Waals surface area contributed by atoms with Gasteiger partial charge in [-0.25, -0.2) is 0 Å². The Bertz CT molecular complexity index is 755. The zero-order chi connectivity index (χ0) is 18.0. The van der Waals surface area contributed by atoms with Gasteiger partial charge in [-0.2, -0.15) is 0 Å². The highest BCUT2D eigenvalue weighted by molar-refractivity contribution is 7.10. The van der Waals surface area contributed by atoms with Gasteiger partial charge in [-0.3, -0.25) is 10.1 Å². The molecule has 0 fully saturated rings. The standard InChI is InChI=1S/C19H22N2O3S/c1-4-16-19(21(22)23)18(17-6-5-11-25-17)13(2)12-20(16)14-7-9-15(24-3)10-8-14/h5-12,16,18-19H,4H2,1-3H3. The van der Waals surface area contributed by atoms with Gasteiger partial charge in [0.2, 0.25) is 6.04 Å². The zero-order valence-corrected chi connectivity index (χ0v) is 15.4. The number of anilines is 1. The summed E-state index contributed by atoms with van der Waals surface area (Å²) in [7, 11) is 1.63. The van der Waals surface area contributed by atoms with E-state index in [9.17, 15) is 10.1 Å². The van der Waals surface area contributed by atoms with Crippen molar-refractivity contribution in [2.45, 2.75) is 38.3 Å². The maximum atomic E-state index is 12.0. The summed E-state index contributed by atoms with van der Waals surface area (Å²) in [6, 6.07) is 10.8. The van der Waals surface area contributed by atoms with Gasteiger partial charge in [-0.1, -0.05) is 13.0 Å². The SMILES string of the molecule is CCC1C([N+](=O)[O-])C(c2cccs2)C(C)=CN1c1ccc(OC)cc1. The fraction of sp³-hybridized carbons (Fsp3) is 0.368. The summed E-state index contributed by atoms with van der Waals surface area (Å²) < 4.78 is 5.22. The third-order valence-corrected chi connectivity index (χ3v) is 5.76. The van der Waals surface area contributed by atoms with Crippen molar-refractivity contribution in [3.8, 4) is 5.75 Å². The van der Waals surface area contributed by atoms with Crippen LogP contribution >= 0.6 is 11.3 Å². The van der Waals surface area contributed by atoms with Crippen molar-refractivity contribution in [1.29, 1.82) is 0 Å². The fourth-order valence-electron chi connectivity index (χ4n) is 3.63. The highest BCUT2D eigenvalue weighted by Crippen LogP contribution is 2.41. The molecule has 0 amide bonds. The van der Waals surface area contributed by atoms with Gasteiger partial charge in [0.25, 0.3) is 0 Å². The molecule has 0 spiro atoms. The van der Waals surface area contributed by atoms with Gasteiger partial charge in [0.15, 0.2) is 0 Å². The molecule has 3 rings (SSSR count). The van der Waals surface area contributed by atoms with Gasteiger partial charge in [-0.15, -0.1) is 11.3 Å². The van der Waals surface area contributed by atoms with E-state index >= 15 is 0 Å². The average Bonchev–Trinajstić information content (AvgIpc) is 3.14. The van der Waals surface area contributed by atoms with Gasteiger partial charge in [-0.05, 0) is 54.6 Å². The number of hydrogen-bond acceptors (Lipinski definition) is 5. The molecule has 2 heterocycles. The Kier molecular flexibility index (Phi) is 5.08. The van der Waals surface area contributed by atoms with E-state index < -0.39 is 6.04 Å². The minimum atomic E-state index is -0.671. The lowest BCUT2D eigenvalue weighted by molar-refractivity contribution is -0.529. The monoisotopic (exact) mass is 358 g/mol. The van der Waals surface area contributed by atoms with E-state index in [0.29, 0.717) is 6.42 Å². The molecule has 1 aliphatic rings. The van der Waals surface area contributed by atoms with E-state index in [0.717, 1.165) is 21.9 Å². The third-order valence-electron chi connectivity index (χ3n) is 4.81. The molecular weight excluding hydrogens is 336 g/mol. The molecule has 6 heteroatoms. The van der Waals surface area contributed by atoms with Gasteiger partial charge in [0.1, 0.15) is 11.8 Å². The minimum absolute atomic E-state index is 0.106. The highest BCUT2D eigenvalue weighted by atomic mass is 32.1. The number of thiophene rings is 1. The summed E-state index contributed by atoms with van der Waals surface area (Å²) >= 11 is 1.59. The lowest BCUT2D eigenvalue weighted by Crippen LogP contribution is -2.51. The van der Waals surface area contributed by atoms with Gasteiger partial charge >= 0.3 is 0 Å². The molecule has 25 heavy (non-hydrogen) atoms. The molecule has 0 bridgehead atoms. The second kappa shape index (κ2) is 7.27. The van der Waals surface area contributed by atoms with Gasteiger partial charge in [0.05, 0.1) is 13.0 Å². The van der Waals surface area contributed by atoms with Crippen LogP contribution in [0.15, 0.2) is 53.6 Å². The number of methoxy groups -OCH3 is 1. The molecule has 1 aromatic heterocycles. The second-order valence-electron chi connectivity index (χ2n) is 6.22. The van der Waals surface area contributed by atoms with Crippen LogP contribution in [0.5, 0.6) is 5.75 Å². The highest BCUT2D eigenvalue weighted by Gasteiger charge is 2.46. The second-order valence-corrected chi connectivity index (χ2v) is 7.20. The van der Waals surface area contributed by atoms with Gasteiger partial charge in [0, 0.05) is 21.7 Å². The first-order chi connectivity index (χ1) is 12.1. The van der Waals surface area contributed by atoms with Crippen molar-refractivity contribution in [3.05, 3.63) is 68.5 Å².